The van der Waals surface area contributed by atoms with Gasteiger partial charge in [-0.15, -0.1) is 0 Å². The number of hydrogen-bond acceptors (Lipinski definition) is 3. The molecule has 0 fully saturated rings. The molecule has 24 heavy (non-hydrogen) atoms. The van der Waals surface area contributed by atoms with Crippen LogP contribution in [-0.2, 0) is 4.79 Å². The van der Waals surface area contributed by atoms with E-state index in [1.54, 1.807) is 24.1 Å². The summed E-state index contributed by atoms with van der Waals surface area (Å²) in [5, 5.41) is 15.9. The van der Waals surface area contributed by atoms with Gasteiger partial charge in [0.05, 0.1) is 17.4 Å². The van der Waals surface area contributed by atoms with Gasteiger partial charge in [-0.3, -0.25) is 9.80 Å². The van der Waals surface area contributed by atoms with Gasteiger partial charge in [0.15, 0.2) is 0 Å². The number of rotatable bonds is 3. The Bertz CT molecular complexity index is 815. The van der Waals surface area contributed by atoms with Gasteiger partial charge < -0.3 is 5.11 Å². The first-order chi connectivity index (χ1) is 11.4. The molecule has 0 aliphatic carbocycles. The van der Waals surface area contributed by atoms with Crippen molar-refractivity contribution in [1.29, 1.82) is 0 Å². The van der Waals surface area contributed by atoms with Crippen LogP contribution in [0.2, 0.25) is 0 Å². The van der Waals surface area contributed by atoms with Gasteiger partial charge in [-0.25, -0.2) is 4.39 Å². The van der Waals surface area contributed by atoms with Crippen molar-refractivity contribution >= 4 is 17.4 Å². The summed E-state index contributed by atoms with van der Waals surface area (Å²) in [5.74, 6) is -2.05. The van der Waals surface area contributed by atoms with Crippen molar-refractivity contribution in [1.82, 2.24) is 0 Å². The second-order valence-corrected chi connectivity index (χ2v) is 6.19. The molecular formula is C19H19FN2O2. The van der Waals surface area contributed by atoms with Gasteiger partial charge in [-0.1, -0.05) is 29.8 Å². The molecule has 0 radical (unpaired) electrons. The van der Waals surface area contributed by atoms with E-state index in [-0.39, 0.29) is 5.82 Å². The Morgan fingerprint density at radius 1 is 1.12 bits per heavy atom. The fourth-order valence-corrected chi connectivity index (χ4v) is 3.24. The van der Waals surface area contributed by atoms with E-state index < -0.39 is 17.9 Å². The highest BCUT2D eigenvalue weighted by molar-refractivity contribution is 6.03. The predicted octanol–water partition coefficient (Wildman–Crippen LogP) is 4.08. The van der Waals surface area contributed by atoms with Crippen LogP contribution in [0.1, 0.15) is 29.7 Å². The second-order valence-electron chi connectivity index (χ2n) is 6.19. The first kappa shape index (κ1) is 16.2. The van der Waals surface area contributed by atoms with Crippen molar-refractivity contribution in [2.75, 3.05) is 5.01 Å². The molecule has 0 bridgehead atoms. The molecule has 1 aliphatic rings. The molecule has 3 rings (SSSR count). The van der Waals surface area contributed by atoms with Gasteiger partial charge in [0.25, 0.3) is 0 Å². The molecule has 124 valence electrons. The Morgan fingerprint density at radius 3 is 2.38 bits per heavy atom. The van der Waals surface area contributed by atoms with Crippen LogP contribution in [0.4, 0.5) is 10.1 Å². The smallest absolute Gasteiger partial charge is 0.314 e. The van der Waals surface area contributed by atoms with Crippen LogP contribution in [0.25, 0.3) is 0 Å². The maximum atomic E-state index is 13.3. The molecule has 2 atom stereocenters. The van der Waals surface area contributed by atoms with E-state index in [9.17, 15) is 14.3 Å². The SMILES string of the molecule is CC1=NN(c2ccc(C)cc2C)C(c2ccc(F)cc2)C1C(=O)O. The summed E-state index contributed by atoms with van der Waals surface area (Å²) in [6.45, 7) is 5.70. The third kappa shape index (κ3) is 2.77. The minimum absolute atomic E-state index is 0.348. The Kier molecular flexibility index (Phi) is 4.09. The summed E-state index contributed by atoms with van der Waals surface area (Å²) in [4.78, 5) is 11.8. The van der Waals surface area contributed by atoms with E-state index in [1.165, 1.54) is 12.1 Å². The lowest BCUT2D eigenvalue weighted by Gasteiger charge is -2.28. The normalized spacial score (nSPS) is 20.2. The molecule has 2 aromatic rings. The quantitative estimate of drug-likeness (QED) is 0.924. The van der Waals surface area contributed by atoms with Crippen LogP contribution in [0, 0.1) is 25.6 Å². The molecular weight excluding hydrogens is 307 g/mol. The molecule has 0 aromatic heterocycles. The van der Waals surface area contributed by atoms with Gasteiger partial charge in [0.1, 0.15) is 11.7 Å². The summed E-state index contributed by atoms with van der Waals surface area (Å²) in [6, 6.07) is 11.4. The number of hydrazone groups is 1. The molecule has 1 heterocycles. The molecule has 5 heteroatoms. The molecule has 0 saturated carbocycles. The Hall–Kier alpha value is -2.69. The number of nitrogens with zero attached hydrogens (tertiary/aromatic N) is 2. The average molecular weight is 326 g/mol. The first-order valence-electron chi connectivity index (χ1n) is 7.78. The van der Waals surface area contributed by atoms with Gasteiger partial charge in [-0.2, -0.15) is 5.10 Å². The van der Waals surface area contributed by atoms with Crippen molar-refractivity contribution < 1.29 is 14.3 Å². The van der Waals surface area contributed by atoms with Crippen LogP contribution in [0.3, 0.4) is 0 Å². The van der Waals surface area contributed by atoms with E-state index >= 15 is 0 Å². The van der Waals surface area contributed by atoms with E-state index in [0.717, 1.165) is 22.4 Å². The van der Waals surface area contributed by atoms with Gasteiger partial charge in [0, 0.05) is 0 Å². The largest absolute Gasteiger partial charge is 0.481 e. The number of carboxylic acids is 1. The third-order valence-electron chi connectivity index (χ3n) is 4.37. The van der Waals surface area contributed by atoms with Crippen molar-refractivity contribution in [3.8, 4) is 0 Å². The molecule has 0 spiro atoms. The van der Waals surface area contributed by atoms with E-state index in [0.29, 0.717) is 5.71 Å². The van der Waals surface area contributed by atoms with Crippen LogP contribution < -0.4 is 5.01 Å². The van der Waals surface area contributed by atoms with Crippen LogP contribution >= 0.6 is 0 Å². The third-order valence-corrected chi connectivity index (χ3v) is 4.37. The summed E-state index contributed by atoms with van der Waals surface area (Å²) in [5.41, 5.74) is 4.27. The zero-order valence-electron chi connectivity index (χ0n) is 13.8. The second kappa shape index (κ2) is 6.07. The summed E-state index contributed by atoms with van der Waals surface area (Å²) >= 11 is 0. The number of aryl methyl sites for hydroxylation is 2. The molecule has 0 saturated heterocycles. The van der Waals surface area contributed by atoms with Crippen LogP contribution in [0.5, 0.6) is 0 Å². The van der Waals surface area contributed by atoms with Gasteiger partial charge in [-0.05, 0) is 50.1 Å². The number of carboxylic acid groups (broad SMARTS) is 1. The fraction of sp³-hybridized carbons (Fsp3) is 0.263. The van der Waals surface area contributed by atoms with Gasteiger partial charge >= 0.3 is 5.97 Å². The van der Waals surface area contributed by atoms with Crippen molar-refractivity contribution in [2.24, 2.45) is 11.0 Å². The maximum Gasteiger partial charge on any atom is 0.314 e. The summed E-state index contributed by atoms with van der Waals surface area (Å²) in [6.07, 6.45) is 0. The van der Waals surface area contributed by atoms with Crippen molar-refractivity contribution in [3.05, 3.63) is 65.0 Å². The highest BCUT2D eigenvalue weighted by Gasteiger charge is 2.42. The maximum absolute atomic E-state index is 13.3. The standard InChI is InChI=1S/C19H19FN2O2/c1-11-4-9-16(12(2)10-11)22-18(14-5-7-15(20)8-6-14)17(19(23)24)13(3)21-22/h4-10,17-18H,1-3H3,(H,23,24). The van der Waals surface area contributed by atoms with E-state index in [1.807, 2.05) is 32.0 Å². The highest BCUT2D eigenvalue weighted by atomic mass is 19.1. The fourth-order valence-electron chi connectivity index (χ4n) is 3.24. The summed E-state index contributed by atoms with van der Waals surface area (Å²) < 4.78 is 13.3. The first-order valence-corrected chi connectivity index (χ1v) is 7.78. The lowest BCUT2D eigenvalue weighted by Crippen LogP contribution is -2.30. The monoisotopic (exact) mass is 326 g/mol. The Balaban J connectivity index is 2.12. The Morgan fingerprint density at radius 2 is 1.79 bits per heavy atom. The minimum Gasteiger partial charge on any atom is -0.481 e. The topological polar surface area (TPSA) is 52.9 Å². The van der Waals surface area contributed by atoms with E-state index in [4.69, 9.17) is 0 Å². The Labute approximate surface area is 140 Å². The summed E-state index contributed by atoms with van der Waals surface area (Å²) in [7, 11) is 0. The predicted molar refractivity (Wildman–Crippen MR) is 91.8 cm³/mol. The highest BCUT2D eigenvalue weighted by Crippen LogP contribution is 2.40. The number of anilines is 1. The van der Waals surface area contributed by atoms with Crippen LogP contribution in [-0.4, -0.2) is 16.8 Å². The van der Waals surface area contributed by atoms with E-state index in [2.05, 4.69) is 5.10 Å². The molecule has 4 nitrogen and oxygen atoms in total. The lowest BCUT2D eigenvalue weighted by atomic mass is 9.90. The molecule has 2 unspecified atom stereocenters. The average Bonchev–Trinajstić information content (AvgIpc) is 2.85. The zero-order chi connectivity index (χ0) is 17.4. The molecule has 2 aromatic carbocycles. The number of halogens is 1. The number of benzene rings is 2. The lowest BCUT2D eigenvalue weighted by molar-refractivity contribution is -0.139. The van der Waals surface area contributed by atoms with Crippen molar-refractivity contribution in [2.45, 2.75) is 26.8 Å². The van der Waals surface area contributed by atoms with Crippen molar-refractivity contribution in [3.63, 3.8) is 0 Å². The zero-order valence-corrected chi connectivity index (χ0v) is 13.8. The van der Waals surface area contributed by atoms with Crippen LogP contribution in [0.15, 0.2) is 47.6 Å². The number of aliphatic carboxylic acids is 1. The number of carbonyl (C=O) groups is 1. The van der Waals surface area contributed by atoms with Gasteiger partial charge in [0.2, 0.25) is 0 Å². The molecule has 0 amide bonds. The number of hydrogen-bond donors (Lipinski definition) is 1. The molecule has 1 aliphatic heterocycles. The minimum atomic E-state index is -0.933. The molecule has 1 N–H and O–H groups in total.